The van der Waals surface area contributed by atoms with Crippen molar-refractivity contribution < 1.29 is 4.39 Å². The van der Waals surface area contributed by atoms with Crippen LogP contribution in [-0.2, 0) is 6.42 Å². The maximum Gasteiger partial charge on any atom is 0.123 e. The molecule has 0 saturated carbocycles. The zero-order chi connectivity index (χ0) is 11.4. The van der Waals surface area contributed by atoms with Gasteiger partial charge in [0, 0.05) is 19.5 Å². The Morgan fingerprint density at radius 3 is 2.38 bits per heavy atom. The Balaban J connectivity index is 1.93. The van der Waals surface area contributed by atoms with Gasteiger partial charge in [0.1, 0.15) is 11.7 Å². The summed E-state index contributed by atoms with van der Waals surface area (Å²) in [6.07, 6.45) is 4.26. The summed E-state index contributed by atoms with van der Waals surface area (Å²) < 4.78 is 12.7. The summed E-state index contributed by atoms with van der Waals surface area (Å²) in [6.45, 7) is 2.00. The van der Waals surface area contributed by atoms with Crippen molar-refractivity contribution in [3.05, 3.63) is 35.6 Å². The second kappa shape index (κ2) is 5.10. The highest BCUT2D eigenvalue weighted by Gasteiger charge is 2.13. The van der Waals surface area contributed by atoms with E-state index in [1.807, 2.05) is 0 Å². The molecule has 0 aromatic heterocycles. The molecular formula is C13H17FN2. The van der Waals surface area contributed by atoms with Gasteiger partial charge in [0.2, 0.25) is 0 Å². The highest BCUT2D eigenvalue weighted by Crippen LogP contribution is 2.11. The quantitative estimate of drug-likeness (QED) is 0.602. The van der Waals surface area contributed by atoms with Crippen LogP contribution in [0.15, 0.2) is 24.3 Å². The maximum atomic E-state index is 12.7. The number of likely N-dealkylation sites (tertiary alicyclic amines) is 1. The Hall–Kier alpha value is -1.38. The van der Waals surface area contributed by atoms with E-state index < -0.39 is 0 Å². The standard InChI is InChI=1S/C13H17FN2/c14-12-6-4-11(5-7-12)10-13(15)16-8-2-1-3-9-16/h4-7,15H,1-3,8-10H2. The summed E-state index contributed by atoms with van der Waals surface area (Å²) in [4.78, 5) is 2.13. The highest BCUT2D eigenvalue weighted by atomic mass is 19.1. The molecule has 2 nitrogen and oxygen atoms in total. The Morgan fingerprint density at radius 2 is 1.75 bits per heavy atom. The van der Waals surface area contributed by atoms with Crippen LogP contribution in [-0.4, -0.2) is 23.8 Å². The second-order valence-corrected chi connectivity index (χ2v) is 4.30. The molecule has 1 N–H and O–H groups in total. The lowest BCUT2D eigenvalue weighted by Gasteiger charge is -2.29. The predicted molar refractivity (Wildman–Crippen MR) is 63.3 cm³/mol. The van der Waals surface area contributed by atoms with Crippen LogP contribution in [0.4, 0.5) is 4.39 Å². The summed E-state index contributed by atoms with van der Waals surface area (Å²) in [7, 11) is 0. The lowest BCUT2D eigenvalue weighted by atomic mass is 10.1. The molecule has 1 fully saturated rings. The highest BCUT2D eigenvalue weighted by molar-refractivity contribution is 5.81. The molecular weight excluding hydrogens is 203 g/mol. The molecule has 1 heterocycles. The normalized spacial score (nSPS) is 16.2. The van der Waals surface area contributed by atoms with E-state index in [1.54, 1.807) is 12.1 Å². The summed E-state index contributed by atoms with van der Waals surface area (Å²) in [6, 6.07) is 6.43. The van der Waals surface area contributed by atoms with Crippen molar-refractivity contribution >= 4 is 5.84 Å². The van der Waals surface area contributed by atoms with Gasteiger partial charge in [-0.3, -0.25) is 5.41 Å². The zero-order valence-corrected chi connectivity index (χ0v) is 9.38. The number of hydrogen-bond donors (Lipinski definition) is 1. The van der Waals surface area contributed by atoms with Crippen molar-refractivity contribution in [1.82, 2.24) is 4.90 Å². The SMILES string of the molecule is N=C(Cc1ccc(F)cc1)N1CCCCC1. The average molecular weight is 220 g/mol. The summed E-state index contributed by atoms with van der Waals surface area (Å²) in [5, 5.41) is 8.01. The van der Waals surface area contributed by atoms with Gasteiger partial charge < -0.3 is 4.90 Å². The van der Waals surface area contributed by atoms with Gasteiger partial charge in [-0.2, -0.15) is 0 Å². The fourth-order valence-corrected chi connectivity index (χ4v) is 2.07. The van der Waals surface area contributed by atoms with Gasteiger partial charge in [0.25, 0.3) is 0 Å². The van der Waals surface area contributed by atoms with Crippen LogP contribution >= 0.6 is 0 Å². The first kappa shape index (κ1) is 11.1. The third-order valence-electron chi connectivity index (χ3n) is 3.02. The van der Waals surface area contributed by atoms with E-state index in [0.717, 1.165) is 18.7 Å². The molecule has 1 aliphatic rings. The molecule has 1 saturated heterocycles. The zero-order valence-electron chi connectivity index (χ0n) is 9.38. The minimum Gasteiger partial charge on any atom is -0.360 e. The summed E-state index contributed by atoms with van der Waals surface area (Å²) in [5.74, 6) is 0.444. The Kier molecular flexibility index (Phi) is 3.54. The number of nitrogens with one attached hydrogen (secondary N) is 1. The molecule has 1 aliphatic heterocycles. The van der Waals surface area contributed by atoms with E-state index in [-0.39, 0.29) is 5.82 Å². The van der Waals surface area contributed by atoms with E-state index in [1.165, 1.54) is 31.4 Å². The first-order valence-electron chi connectivity index (χ1n) is 5.82. The van der Waals surface area contributed by atoms with E-state index in [0.29, 0.717) is 12.3 Å². The van der Waals surface area contributed by atoms with Crippen LogP contribution < -0.4 is 0 Å². The molecule has 86 valence electrons. The molecule has 0 aliphatic carbocycles. The van der Waals surface area contributed by atoms with Gasteiger partial charge in [-0.05, 0) is 37.0 Å². The molecule has 1 aromatic carbocycles. The minimum atomic E-state index is -0.215. The van der Waals surface area contributed by atoms with Crippen LogP contribution in [0, 0.1) is 11.2 Å². The van der Waals surface area contributed by atoms with Crippen molar-refractivity contribution in [1.29, 1.82) is 5.41 Å². The number of nitrogens with zero attached hydrogens (tertiary/aromatic N) is 1. The van der Waals surface area contributed by atoms with Crippen molar-refractivity contribution in [3.63, 3.8) is 0 Å². The lowest BCUT2D eigenvalue weighted by Crippen LogP contribution is -2.36. The molecule has 0 spiro atoms. The molecule has 2 rings (SSSR count). The maximum absolute atomic E-state index is 12.7. The second-order valence-electron chi connectivity index (χ2n) is 4.30. The average Bonchev–Trinajstić information content (AvgIpc) is 2.33. The summed E-state index contributed by atoms with van der Waals surface area (Å²) >= 11 is 0. The molecule has 0 radical (unpaired) electrons. The van der Waals surface area contributed by atoms with Crippen LogP contribution in [0.25, 0.3) is 0 Å². The Bertz CT molecular complexity index is 353. The fraction of sp³-hybridized carbons (Fsp3) is 0.462. The minimum absolute atomic E-state index is 0.215. The largest absolute Gasteiger partial charge is 0.360 e. The predicted octanol–water partition coefficient (Wildman–Crippen LogP) is 2.83. The van der Waals surface area contributed by atoms with Gasteiger partial charge >= 0.3 is 0 Å². The summed E-state index contributed by atoms with van der Waals surface area (Å²) in [5.41, 5.74) is 1.01. The third kappa shape index (κ3) is 2.81. The van der Waals surface area contributed by atoms with E-state index in [2.05, 4.69) is 4.90 Å². The molecule has 0 amide bonds. The topological polar surface area (TPSA) is 27.1 Å². The van der Waals surface area contributed by atoms with Crippen LogP contribution in [0.3, 0.4) is 0 Å². The third-order valence-corrected chi connectivity index (χ3v) is 3.02. The molecule has 0 atom stereocenters. The van der Waals surface area contributed by atoms with E-state index >= 15 is 0 Å². The lowest BCUT2D eigenvalue weighted by molar-refractivity contribution is 0.336. The Labute approximate surface area is 95.6 Å². The number of rotatable bonds is 2. The monoisotopic (exact) mass is 220 g/mol. The molecule has 0 bridgehead atoms. The van der Waals surface area contributed by atoms with Crippen molar-refractivity contribution in [3.8, 4) is 0 Å². The van der Waals surface area contributed by atoms with E-state index in [9.17, 15) is 4.39 Å². The number of hydrogen-bond acceptors (Lipinski definition) is 1. The van der Waals surface area contributed by atoms with E-state index in [4.69, 9.17) is 5.41 Å². The van der Waals surface area contributed by atoms with Gasteiger partial charge in [-0.15, -0.1) is 0 Å². The Morgan fingerprint density at radius 1 is 1.12 bits per heavy atom. The van der Waals surface area contributed by atoms with Crippen LogP contribution in [0.1, 0.15) is 24.8 Å². The number of halogens is 1. The molecule has 0 unspecified atom stereocenters. The van der Waals surface area contributed by atoms with Gasteiger partial charge in [-0.1, -0.05) is 12.1 Å². The van der Waals surface area contributed by atoms with Crippen molar-refractivity contribution in [2.45, 2.75) is 25.7 Å². The first-order valence-corrected chi connectivity index (χ1v) is 5.82. The first-order chi connectivity index (χ1) is 7.75. The van der Waals surface area contributed by atoms with Gasteiger partial charge in [0.15, 0.2) is 0 Å². The smallest absolute Gasteiger partial charge is 0.123 e. The van der Waals surface area contributed by atoms with Crippen molar-refractivity contribution in [2.24, 2.45) is 0 Å². The van der Waals surface area contributed by atoms with Gasteiger partial charge in [-0.25, -0.2) is 4.39 Å². The van der Waals surface area contributed by atoms with Gasteiger partial charge in [0.05, 0.1) is 0 Å². The number of piperidine rings is 1. The molecule has 3 heteroatoms. The molecule has 16 heavy (non-hydrogen) atoms. The van der Waals surface area contributed by atoms with Crippen molar-refractivity contribution in [2.75, 3.05) is 13.1 Å². The molecule has 1 aromatic rings. The fourth-order valence-electron chi connectivity index (χ4n) is 2.07. The number of amidine groups is 1. The van der Waals surface area contributed by atoms with Crippen LogP contribution in [0.5, 0.6) is 0 Å². The number of benzene rings is 1. The van der Waals surface area contributed by atoms with Crippen LogP contribution in [0.2, 0.25) is 0 Å².